The molecule has 0 aliphatic rings. The highest BCUT2D eigenvalue weighted by Gasteiger charge is 2.05. The molecule has 0 aliphatic heterocycles. The van der Waals surface area contributed by atoms with Gasteiger partial charge < -0.3 is 5.32 Å². The quantitative estimate of drug-likeness (QED) is 0.944. The van der Waals surface area contributed by atoms with Gasteiger partial charge in [-0.15, -0.1) is 0 Å². The van der Waals surface area contributed by atoms with Gasteiger partial charge in [-0.3, -0.25) is 9.78 Å². The fourth-order valence-corrected chi connectivity index (χ4v) is 1.84. The molecule has 0 atom stereocenters. The monoisotopic (exact) mass is 290 g/mol. The number of halogens is 1. The first-order valence-electron chi connectivity index (χ1n) is 5.19. The third-order valence-corrected chi connectivity index (χ3v) is 3.09. The van der Waals surface area contributed by atoms with E-state index < -0.39 is 0 Å². The Balaban J connectivity index is 2.00. The van der Waals surface area contributed by atoms with Gasteiger partial charge in [-0.1, -0.05) is 34.1 Å². The topological polar surface area (TPSA) is 42.0 Å². The molecule has 86 valence electrons. The predicted octanol–water partition coefficient (Wildman–Crippen LogP) is 2.77. The summed E-state index contributed by atoms with van der Waals surface area (Å²) in [6.07, 6.45) is 3.19. The van der Waals surface area contributed by atoms with E-state index in [1.165, 1.54) is 0 Å². The Hall–Kier alpha value is -1.68. The average Bonchev–Trinajstić information content (AvgIpc) is 2.38. The van der Waals surface area contributed by atoms with Crippen molar-refractivity contribution in [2.75, 3.05) is 0 Å². The van der Waals surface area contributed by atoms with Crippen LogP contribution in [0.25, 0.3) is 0 Å². The lowest BCUT2D eigenvalue weighted by molar-refractivity contribution is 0.0950. The van der Waals surface area contributed by atoms with Crippen molar-refractivity contribution in [3.8, 4) is 0 Å². The van der Waals surface area contributed by atoms with Crippen molar-refractivity contribution in [3.05, 3.63) is 64.4 Å². The second-order valence-corrected chi connectivity index (χ2v) is 4.37. The molecule has 0 aliphatic carbocycles. The number of amides is 1. The van der Waals surface area contributed by atoms with Crippen LogP contribution >= 0.6 is 15.9 Å². The Morgan fingerprint density at radius 2 is 2.06 bits per heavy atom. The van der Waals surface area contributed by atoms with E-state index in [9.17, 15) is 4.79 Å². The largest absolute Gasteiger partial charge is 0.348 e. The number of aromatic nitrogens is 1. The zero-order valence-electron chi connectivity index (χ0n) is 9.06. The minimum absolute atomic E-state index is 0.117. The van der Waals surface area contributed by atoms with Crippen LogP contribution in [0.2, 0.25) is 0 Å². The lowest BCUT2D eigenvalue weighted by Crippen LogP contribution is -2.22. The molecule has 1 aromatic carbocycles. The van der Waals surface area contributed by atoms with Crippen molar-refractivity contribution in [1.29, 1.82) is 0 Å². The smallest absolute Gasteiger partial charge is 0.253 e. The Labute approximate surface area is 108 Å². The van der Waals surface area contributed by atoms with Gasteiger partial charge in [-0.25, -0.2) is 0 Å². The molecular formula is C13H11BrN2O. The fourth-order valence-electron chi connectivity index (χ4n) is 1.42. The molecule has 2 rings (SSSR count). The molecule has 0 saturated carbocycles. The second-order valence-electron chi connectivity index (χ2n) is 3.52. The molecule has 1 heterocycles. The van der Waals surface area contributed by atoms with Gasteiger partial charge in [0.25, 0.3) is 5.91 Å². The highest BCUT2D eigenvalue weighted by molar-refractivity contribution is 9.10. The molecule has 0 spiro atoms. The summed E-state index contributed by atoms with van der Waals surface area (Å²) in [7, 11) is 0. The Morgan fingerprint density at radius 3 is 2.76 bits per heavy atom. The van der Waals surface area contributed by atoms with E-state index in [0.717, 1.165) is 10.0 Å². The van der Waals surface area contributed by atoms with Gasteiger partial charge in [0, 0.05) is 23.4 Å². The Bertz CT molecular complexity index is 514. The first-order chi connectivity index (χ1) is 8.27. The molecule has 0 bridgehead atoms. The molecule has 0 radical (unpaired) electrons. The number of rotatable bonds is 3. The van der Waals surface area contributed by atoms with Crippen molar-refractivity contribution in [2.24, 2.45) is 0 Å². The van der Waals surface area contributed by atoms with E-state index in [-0.39, 0.29) is 5.91 Å². The van der Waals surface area contributed by atoms with Gasteiger partial charge in [0.15, 0.2) is 0 Å². The molecular weight excluding hydrogens is 280 g/mol. The van der Waals surface area contributed by atoms with Crippen LogP contribution in [-0.4, -0.2) is 10.9 Å². The standard InChI is InChI=1S/C13H11BrN2O/c14-12-6-2-1-4-10(12)9-16-13(17)11-5-3-7-15-8-11/h1-8H,9H2,(H,16,17). The van der Waals surface area contributed by atoms with Crippen molar-refractivity contribution in [2.45, 2.75) is 6.54 Å². The number of hydrogen-bond acceptors (Lipinski definition) is 2. The number of nitrogens with zero attached hydrogens (tertiary/aromatic N) is 1. The predicted molar refractivity (Wildman–Crippen MR) is 69.5 cm³/mol. The minimum Gasteiger partial charge on any atom is -0.348 e. The highest BCUT2D eigenvalue weighted by Crippen LogP contribution is 2.15. The molecule has 0 saturated heterocycles. The summed E-state index contributed by atoms with van der Waals surface area (Å²) < 4.78 is 0.992. The number of pyridine rings is 1. The van der Waals surface area contributed by atoms with Crippen LogP contribution in [-0.2, 0) is 6.54 Å². The van der Waals surface area contributed by atoms with Crippen molar-refractivity contribution < 1.29 is 4.79 Å². The van der Waals surface area contributed by atoms with Gasteiger partial charge in [0.1, 0.15) is 0 Å². The number of carbonyl (C=O) groups excluding carboxylic acids is 1. The van der Waals surface area contributed by atoms with Crippen LogP contribution < -0.4 is 5.32 Å². The minimum atomic E-state index is -0.117. The molecule has 1 amide bonds. The third-order valence-electron chi connectivity index (χ3n) is 2.32. The maximum Gasteiger partial charge on any atom is 0.253 e. The van der Waals surface area contributed by atoms with E-state index >= 15 is 0 Å². The summed E-state index contributed by atoms with van der Waals surface area (Å²) in [5, 5.41) is 2.85. The molecule has 0 fully saturated rings. The Morgan fingerprint density at radius 1 is 1.24 bits per heavy atom. The van der Waals surface area contributed by atoms with E-state index in [2.05, 4.69) is 26.2 Å². The number of benzene rings is 1. The molecule has 17 heavy (non-hydrogen) atoms. The molecule has 0 unspecified atom stereocenters. The molecule has 1 N–H and O–H groups in total. The molecule has 2 aromatic rings. The van der Waals surface area contributed by atoms with Gasteiger partial charge >= 0.3 is 0 Å². The van der Waals surface area contributed by atoms with E-state index in [1.807, 2.05) is 24.3 Å². The molecule has 1 aromatic heterocycles. The normalized spacial score (nSPS) is 9.94. The SMILES string of the molecule is O=C(NCc1ccccc1Br)c1cccnc1. The summed E-state index contributed by atoms with van der Waals surface area (Å²) >= 11 is 3.44. The van der Waals surface area contributed by atoms with Crippen LogP contribution in [0.15, 0.2) is 53.3 Å². The van der Waals surface area contributed by atoms with E-state index in [0.29, 0.717) is 12.1 Å². The number of hydrogen-bond donors (Lipinski definition) is 1. The zero-order valence-corrected chi connectivity index (χ0v) is 10.6. The lowest BCUT2D eigenvalue weighted by Gasteiger charge is -2.06. The summed E-state index contributed by atoms with van der Waals surface area (Å²) in [5.74, 6) is -0.117. The summed E-state index contributed by atoms with van der Waals surface area (Å²) in [4.78, 5) is 15.7. The van der Waals surface area contributed by atoms with Crippen molar-refractivity contribution in [3.63, 3.8) is 0 Å². The van der Waals surface area contributed by atoms with Crippen LogP contribution in [0.4, 0.5) is 0 Å². The van der Waals surface area contributed by atoms with Gasteiger partial charge in [0.2, 0.25) is 0 Å². The number of nitrogens with one attached hydrogen (secondary N) is 1. The molecule has 3 nitrogen and oxygen atoms in total. The van der Waals surface area contributed by atoms with Gasteiger partial charge in [0.05, 0.1) is 5.56 Å². The molecule has 4 heteroatoms. The zero-order chi connectivity index (χ0) is 12.1. The summed E-state index contributed by atoms with van der Waals surface area (Å²) in [6.45, 7) is 0.495. The number of carbonyl (C=O) groups is 1. The van der Waals surface area contributed by atoms with Crippen LogP contribution in [0.3, 0.4) is 0 Å². The maximum atomic E-state index is 11.8. The van der Waals surface area contributed by atoms with Crippen molar-refractivity contribution >= 4 is 21.8 Å². The van der Waals surface area contributed by atoms with Gasteiger partial charge in [-0.2, -0.15) is 0 Å². The lowest BCUT2D eigenvalue weighted by atomic mass is 10.2. The van der Waals surface area contributed by atoms with Crippen molar-refractivity contribution in [1.82, 2.24) is 10.3 Å². The third kappa shape index (κ3) is 3.14. The maximum absolute atomic E-state index is 11.8. The summed E-state index contributed by atoms with van der Waals surface area (Å²) in [5.41, 5.74) is 1.62. The Kier molecular flexibility index (Phi) is 3.88. The van der Waals surface area contributed by atoms with E-state index in [4.69, 9.17) is 0 Å². The highest BCUT2D eigenvalue weighted by atomic mass is 79.9. The second kappa shape index (κ2) is 5.59. The van der Waals surface area contributed by atoms with Gasteiger partial charge in [-0.05, 0) is 23.8 Å². The average molecular weight is 291 g/mol. The fraction of sp³-hybridized carbons (Fsp3) is 0.0769. The van der Waals surface area contributed by atoms with Crippen LogP contribution in [0, 0.1) is 0 Å². The first-order valence-corrected chi connectivity index (χ1v) is 5.98. The van der Waals surface area contributed by atoms with Crippen LogP contribution in [0.5, 0.6) is 0 Å². The van der Waals surface area contributed by atoms with E-state index in [1.54, 1.807) is 24.5 Å². The van der Waals surface area contributed by atoms with Crippen LogP contribution in [0.1, 0.15) is 15.9 Å². The first kappa shape index (κ1) is 11.8. The summed E-state index contributed by atoms with van der Waals surface area (Å²) in [6, 6.07) is 11.3.